The second-order valence-corrected chi connectivity index (χ2v) is 10.0. The number of amides is 1. The van der Waals surface area contributed by atoms with Crippen molar-refractivity contribution in [3.8, 4) is 0 Å². The van der Waals surface area contributed by atoms with Crippen LogP contribution in [-0.4, -0.2) is 38.3 Å². The molecule has 4 rings (SSSR count). The minimum atomic E-state index is -3.54. The van der Waals surface area contributed by atoms with Crippen LogP contribution in [0.25, 0.3) is 11.0 Å². The average molecular weight is 491 g/mol. The smallest absolute Gasteiger partial charge is 0.294 e. The van der Waals surface area contributed by atoms with Gasteiger partial charge >= 0.3 is 0 Å². The monoisotopic (exact) mass is 490 g/mol. The minimum absolute atomic E-state index is 0.224. The van der Waals surface area contributed by atoms with Gasteiger partial charge in [-0.3, -0.25) is 4.79 Å². The van der Waals surface area contributed by atoms with Gasteiger partial charge in [-0.25, -0.2) is 8.42 Å². The van der Waals surface area contributed by atoms with Gasteiger partial charge in [0, 0.05) is 30.7 Å². The van der Waals surface area contributed by atoms with Crippen molar-refractivity contribution < 1.29 is 17.6 Å². The maximum absolute atomic E-state index is 13.2. The minimum Gasteiger partial charge on any atom is -0.450 e. The zero-order chi connectivity index (χ0) is 21.5. The first-order valence-electron chi connectivity index (χ1n) is 9.99. The topological polar surface area (TPSA) is 70.8 Å². The van der Waals surface area contributed by atoms with E-state index in [1.165, 1.54) is 4.31 Å². The van der Waals surface area contributed by atoms with Gasteiger partial charge in [0.15, 0.2) is 5.76 Å². The van der Waals surface area contributed by atoms with E-state index in [4.69, 9.17) is 4.42 Å². The molecular weight excluding hydrogens is 468 g/mol. The summed E-state index contributed by atoms with van der Waals surface area (Å²) in [5.74, 6) is 0.0444. The van der Waals surface area contributed by atoms with Gasteiger partial charge in [-0.2, -0.15) is 4.31 Å². The van der Waals surface area contributed by atoms with E-state index in [0.29, 0.717) is 25.2 Å². The van der Waals surface area contributed by atoms with Crippen LogP contribution in [0.3, 0.4) is 0 Å². The van der Waals surface area contributed by atoms with Crippen LogP contribution < -0.4 is 4.90 Å². The second kappa shape index (κ2) is 8.17. The van der Waals surface area contributed by atoms with E-state index in [2.05, 4.69) is 15.9 Å². The molecule has 0 fully saturated rings. The molecule has 0 saturated heterocycles. The van der Waals surface area contributed by atoms with Gasteiger partial charge in [0.2, 0.25) is 10.0 Å². The molecule has 0 saturated carbocycles. The largest absolute Gasteiger partial charge is 0.450 e. The summed E-state index contributed by atoms with van der Waals surface area (Å²) in [7, 11) is -3.54. The van der Waals surface area contributed by atoms with Crippen LogP contribution in [0.15, 0.2) is 56.2 Å². The number of sulfonamides is 1. The zero-order valence-corrected chi connectivity index (χ0v) is 19.3. The third-order valence-corrected chi connectivity index (χ3v) is 8.14. The fraction of sp³-hybridized carbons (Fsp3) is 0.318. The molecule has 0 spiro atoms. The zero-order valence-electron chi connectivity index (χ0n) is 16.9. The predicted molar refractivity (Wildman–Crippen MR) is 120 cm³/mol. The van der Waals surface area contributed by atoms with Crippen LogP contribution >= 0.6 is 15.9 Å². The first-order valence-corrected chi connectivity index (χ1v) is 12.2. The van der Waals surface area contributed by atoms with Crippen LogP contribution in [0.4, 0.5) is 5.69 Å². The third kappa shape index (κ3) is 3.57. The molecule has 0 bridgehead atoms. The number of rotatable bonds is 5. The number of halogens is 1. The van der Waals surface area contributed by atoms with Gasteiger partial charge in [-0.1, -0.05) is 26.0 Å². The Morgan fingerprint density at radius 1 is 1.17 bits per heavy atom. The van der Waals surface area contributed by atoms with Crippen LogP contribution in [0.5, 0.6) is 0 Å². The predicted octanol–water partition coefficient (Wildman–Crippen LogP) is 4.82. The lowest BCUT2D eigenvalue weighted by Crippen LogP contribution is -2.35. The lowest BCUT2D eigenvalue weighted by molar-refractivity contribution is 0.0960. The number of anilines is 1. The lowest BCUT2D eigenvalue weighted by Gasteiger charge is -2.29. The highest BCUT2D eigenvalue weighted by molar-refractivity contribution is 9.10. The standard InChI is InChI=1S/C22H23BrN2O4S/c1-3-24(4-2)30(27,28)17-10-11-19-15(13-17)8-6-12-25(19)22(26)20-14-16-7-5-9-18(23)21(16)29-20/h5,7,9-11,13-14H,3-4,6,8,12H2,1-2H3. The molecule has 2 aromatic carbocycles. The van der Waals surface area contributed by atoms with Crippen molar-refractivity contribution in [2.45, 2.75) is 31.6 Å². The van der Waals surface area contributed by atoms with Crippen LogP contribution in [0.2, 0.25) is 0 Å². The first-order chi connectivity index (χ1) is 14.4. The Morgan fingerprint density at radius 2 is 1.93 bits per heavy atom. The number of aryl methyl sites for hydroxylation is 1. The molecule has 6 nitrogen and oxygen atoms in total. The van der Waals surface area contributed by atoms with Crippen molar-refractivity contribution in [2.24, 2.45) is 0 Å². The van der Waals surface area contributed by atoms with E-state index < -0.39 is 10.0 Å². The van der Waals surface area contributed by atoms with E-state index in [9.17, 15) is 13.2 Å². The Balaban J connectivity index is 1.70. The Bertz CT molecular complexity index is 1220. The van der Waals surface area contributed by atoms with Crippen LogP contribution in [0, 0.1) is 0 Å². The fourth-order valence-corrected chi connectivity index (χ4v) is 5.90. The maximum Gasteiger partial charge on any atom is 0.294 e. The highest BCUT2D eigenvalue weighted by Gasteiger charge is 2.29. The van der Waals surface area contributed by atoms with Crippen molar-refractivity contribution in [3.05, 3.63) is 58.3 Å². The molecular formula is C22H23BrN2O4S. The van der Waals surface area contributed by atoms with Crippen molar-refractivity contribution in [2.75, 3.05) is 24.5 Å². The number of benzene rings is 2. The highest BCUT2D eigenvalue weighted by Crippen LogP contribution is 2.33. The maximum atomic E-state index is 13.2. The van der Waals surface area contributed by atoms with Crippen molar-refractivity contribution in [1.82, 2.24) is 4.31 Å². The molecule has 3 aromatic rings. The summed E-state index contributed by atoms with van der Waals surface area (Å²) in [5, 5.41) is 0.852. The number of carbonyl (C=O) groups excluding carboxylic acids is 1. The molecule has 0 atom stereocenters. The van der Waals surface area contributed by atoms with E-state index >= 15 is 0 Å². The van der Waals surface area contributed by atoms with Gasteiger partial charge in [0.05, 0.1) is 9.37 Å². The Morgan fingerprint density at radius 3 is 2.63 bits per heavy atom. The van der Waals surface area contributed by atoms with Crippen molar-refractivity contribution in [3.63, 3.8) is 0 Å². The number of nitrogens with zero attached hydrogens (tertiary/aromatic N) is 2. The molecule has 0 N–H and O–H groups in total. The van der Waals surface area contributed by atoms with Crippen LogP contribution in [0.1, 0.15) is 36.4 Å². The highest BCUT2D eigenvalue weighted by atomic mass is 79.9. The van der Waals surface area contributed by atoms with Gasteiger partial charge in [0.25, 0.3) is 5.91 Å². The summed E-state index contributed by atoms with van der Waals surface area (Å²) in [6.45, 7) is 5.05. The summed E-state index contributed by atoms with van der Waals surface area (Å²) >= 11 is 3.45. The van der Waals surface area contributed by atoms with Gasteiger partial charge < -0.3 is 9.32 Å². The average Bonchev–Trinajstić information content (AvgIpc) is 3.19. The molecule has 0 aliphatic carbocycles. The SMILES string of the molecule is CCN(CC)S(=O)(=O)c1ccc2c(c1)CCCN2C(=O)c1cc2cccc(Br)c2o1. The van der Waals surface area contributed by atoms with E-state index in [1.54, 1.807) is 29.2 Å². The quantitative estimate of drug-likeness (QED) is 0.513. The summed E-state index contributed by atoms with van der Waals surface area (Å²) < 4.78 is 33.8. The number of hydrogen-bond acceptors (Lipinski definition) is 4. The summed E-state index contributed by atoms with van der Waals surface area (Å²) in [4.78, 5) is 15.2. The molecule has 1 amide bonds. The summed E-state index contributed by atoms with van der Waals surface area (Å²) in [5.41, 5.74) is 2.24. The van der Waals surface area contributed by atoms with E-state index in [-0.39, 0.29) is 16.6 Å². The normalized spacial score (nSPS) is 14.3. The molecule has 1 aliphatic rings. The molecule has 1 aromatic heterocycles. The molecule has 8 heteroatoms. The molecule has 0 unspecified atom stereocenters. The number of fused-ring (bicyclic) bond motifs is 2. The summed E-state index contributed by atoms with van der Waals surface area (Å²) in [6, 6.07) is 12.4. The van der Waals surface area contributed by atoms with Gasteiger partial charge in [0.1, 0.15) is 5.58 Å². The van der Waals surface area contributed by atoms with Crippen molar-refractivity contribution >= 4 is 48.5 Å². The Hall–Kier alpha value is -2.16. The van der Waals surface area contributed by atoms with Gasteiger partial charge in [-0.15, -0.1) is 0 Å². The number of hydrogen-bond donors (Lipinski definition) is 0. The van der Waals surface area contributed by atoms with E-state index in [1.807, 2.05) is 32.0 Å². The van der Waals surface area contributed by atoms with Crippen LogP contribution in [-0.2, 0) is 16.4 Å². The number of furan rings is 1. The Labute approximate surface area is 184 Å². The number of carbonyl (C=O) groups is 1. The second-order valence-electron chi connectivity index (χ2n) is 7.21. The van der Waals surface area contributed by atoms with Crippen molar-refractivity contribution in [1.29, 1.82) is 0 Å². The summed E-state index contributed by atoms with van der Waals surface area (Å²) in [6.07, 6.45) is 1.49. The molecule has 0 radical (unpaired) electrons. The molecule has 1 aliphatic heterocycles. The fourth-order valence-electron chi connectivity index (χ4n) is 3.92. The molecule has 30 heavy (non-hydrogen) atoms. The third-order valence-electron chi connectivity index (χ3n) is 5.46. The lowest BCUT2D eigenvalue weighted by atomic mass is 10.0. The molecule has 2 heterocycles. The molecule has 158 valence electrons. The number of para-hydroxylation sites is 1. The van der Waals surface area contributed by atoms with E-state index in [0.717, 1.165) is 34.0 Å². The first kappa shape index (κ1) is 21.1. The van der Waals surface area contributed by atoms with Gasteiger partial charge in [-0.05, 0) is 64.7 Å². The Kier molecular flexibility index (Phi) is 5.74.